The lowest BCUT2D eigenvalue weighted by Crippen LogP contribution is -2.14. The molecule has 1 aromatic heterocycles. The van der Waals surface area contributed by atoms with Crippen molar-refractivity contribution in [2.24, 2.45) is 0 Å². The summed E-state index contributed by atoms with van der Waals surface area (Å²) >= 11 is 3.32. The average Bonchev–Trinajstić information content (AvgIpc) is 2.43. The Bertz CT molecular complexity index is 728. The van der Waals surface area contributed by atoms with Gasteiger partial charge in [-0.2, -0.15) is 0 Å². The fourth-order valence-corrected chi connectivity index (χ4v) is 3.64. The van der Waals surface area contributed by atoms with Crippen molar-refractivity contribution in [1.29, 1.82) is 0 Å². The third-order valence-corrected chi connectivity index (χ3v) is 4.94. The van der Waals surface area contributed by atoms with Crippen LogP contribution in [0.15, 0.2) is 45.9 Å². The number of nitrogens with zero attached hydrogens (tertiary/aromatic N) is 1. The van der Waals surface area contributed by atoms with Crippen molar-refractivity contribution in [3.63, 3.8) is 0 Å². The number of pyridine rings is 1. The van der Waals surface area contributed by atoms with Crippen molar-refractivity contribution < 1.29 is 8.42 Å². The van der Waals surface area contributed by atoms with Crippen LogP contribution in [0.1, 0.15) is 24.5 Å². The molecule has 0 atom stereocenters. The van der Waals surface area contributed by atoms with Gasteiger partial charge in [0.05, 0.1) is 9.37 Å². The summed E-state index contributed by atoms with van der Waals surface area (Å²) in [5, 5.41) is 0. The minimum Gasteiger partial charge on any atom is -0.262 e. The van der Waals surface area contributed by atoms with E-state index < -0.39 is 10.0 Å². The molecule has 4 nitrogen and oxygen atoms in total. The van der Waals surface area contributed by atoms with Gasteiger partial charge in [-0.1, -0.05) is 25.5 Å². The van der Waals surface area contributed by atoms with Gasteiger partial charge >= 0.3 is 0 Å². The van der Waals surface area contributed by atoms with Gasteiger partial charge in [0, 0.05) is 6.20 Å². The average molecular weight is 369 g/mol. The third kappa shape index (κ3) is 4.04. The molecule has 0 amide bonds. The van der Waals surface area contributed by atoms with Crippen LogP contribution in [-0.2, 0) is 16.4 Å². The Morgan fingerprint density at radius 3 is 2.48 bits per heavy atom. The molecule has 1 heterocycles. The second-order valence-electron chi connectivity index (χ2n) is 4.84. The van der Waals surface area contributed by atoms with Gasteiger partial charge in [0.2, 0.25) is 0 Å². The van der Waals surface area contributed by atoms with Crippen LogP contribution in [0, 0.1) is 6.92 Å². The van der Waals surface area contributed by atoms with Crippen LogP contribution in [0.3, 0.4) is 0 Å². The summed E-state index contributed by atoms with van der Waals surface area (Å²) in [6.07, 6.45) is 3.59. The smallest absolute Gasteiger partial charge is 0.262 e. The minimum atomic E-state index is -3.62. The van der Waals surface area contributed by atoms with Gasteiger partial charge in [0.25, 0.3) is 10.0 Å². The first-order valence-corrected chi connectivity index (χ1v) is 8.94. The third-order valence-electron chi connectivity index (χ3n) is 2.98. The molecule has 0 saturated carbocycles. The molecular formula is C15H17BrN2O2S. The number of rotatable bonds is 5. The molecule has 1 N–H and O–H groups in total. The zero-order valence-electron chi connectivity index (χ0n) is 11.9. The van der Waals surface area contributed by atoms with Gasteiger partial charge < -0.3 is 0 Å². The second-order valence-corrected chi connectivity index (χ2v) is 7.38. The van der Waals surface area contributed by atoms with Gasteiger partial charge in [-0.25, -0.2) is 13.4 Å². The number of halogens is 1. The van der Waals surface area contributed by atoms with Crippen molar-refractivity contribution in [2.45, 2.75) is 31.6 Å². The molecule has 21 heavy (non-hydrogen) atoms. The lowest BCUT2D eigenvalue weighted by atomic mass is 10.1. The van der Waals surface area contributed by atoms with Crippen molar-refractivity contribution in [3.8, 4) is 0 Å². The normalized spacial score (nSPS) is 11.4. The first-order chi connectivity index (χ1) is 9.92. The summed E-state index contributed by atoms with van der Waals surface area (Å²) in [6, 6.07) is 8.74. The van der Waals surface area contributed by atoms with E-state index >= 15 is 0 Å². The van der Waals surface area contributed by atoms with E-state index in [4.69, 9.17) is 0 Å². The van der Waals surface area contributed by atoms with E-state index in [9.17, 15) is 8.42 Å². The van der Waals surface area contributed by atoms with Crippen LogP contribution in [0.25, 0.3) is 0 Å². The highest BCUT2D eigenvalue weighted by atomic mass is 79.9. The maximum atomic E-state index is 12.3. The van der Waals surface area contributed by atoms with Gasteiger partial charge in [-0.05, 0) is 58.6 Å². The molecule has 0 bridgehead atoms. The molecule has 112 valence electrons. The number of hydrogen-bond donors (Lipinski definition) is 1. The highest BCUT2D eigenvalue weighted by Gasteiger charge is 2.16. The predicted molar refractivity (Wildman–Crippen MR) is 87.9 cm³/mol. The summed E-state index contributed by atoms with van der Waals surface area (Å²) in [4.78, 5) is 4.33. The van der Waals surface area contributed by atoms with Crippen molar-refractivity contribution in [1.82, 2.24) is 4.98 Å². The zero-order chi connectivity index (χ0) is 15.5. The van der Waals surface area contributed by atoms with Gasteiger partial charge in [0.15, 0.2) is 5.82 Å². The molecule has 0 saturated heterocycles. The van der Waals surface area contributed by atoms with Gasteiger partial charge in [0.1, 0.15) is 0 Å². The lowest BCUT2D eigenvalue weighted by Gasteiger charge is -2.10. The fraction of sp³-hybridized carbons (Fsp3) is 0.267. The Morgan fingerprint density at radius 1 is 1.24 bits per heavy atom. The van der Waals surface area contributed by atoms with E-state index in [1.807, 2.05) is 25.1 Å². The SMILES string of the molecule is CCCc1ccc(S(=O)(=O)Nc2ncc(C)cc2Br)cc1. The van der Waals surface area contributed by atoms with Crippen LogP contribution in [-0.4, -0.2) is 13.4 Å². The number of aromatic nitrogens is 1. The van der Waals surface area contributed by atoms with Crippen LogP contribution < -0.4 is 4.72 Å². The van der Waals surface area contributed by atoms with Gasteiger partial charge in [-0.15, -0.1) is 0 Å². The molecular weight excluding hydrogens is 352 g/mol. The first-order valence-electron chi connectivity index (χ1n) is 6.66. The molecule has 0 radical (unpaired) electrons. The fourth-order valence-electron chi connectivity index (χ4n) is 1.92. The lowest BCUT2D eigenvalue weighted by molar-refractivity contribution is 0.601. The Labute approximate surface area is 133 Å². The topological polar surface area (TPSA) is 59.1 Å². The number of nitrogens with one attached hydrogen (secondary N) is 1. The van der Waals surface area contributed by atoms with Gasteiger partial charge in [-0.3, -0.25) is 4.72 Å². The molecule has 0 aliphatic rings. The summed E-state index contributed by atoms with van der Waals surface area (Å²) in [5.41, 5.74) is 2.08. The Kier molecular flexibility index (Phi) is 5.00. The molecule has 0 spiro atoms. The van der Waals surface area contributed by atoms with E-state index in [1.54, 1.807) is 18.3 Å². The molecule has 0 aliphatic heterocycles. The molecule has 6 heteroatoms. The minimum absolute atomic E-state index is 0.233. The molecule has 2 aromatic rings. The van der Waals surface area contributed by atoms with Crippen LogP contribution in [0.5, 0.6) is 0 Å². The van der Waals surface area contributed by atoms with E-state index in [1.165, 1.54) is 0 Å². The first kappa shape index (κ1) is 16.0. The quantitative estimate of drug-likeness (QED) is 0.870. The summed E-state index contributed by atoms with van der Waals surface area (Å²) in [5.74, 6) is 0.290. The molecule has 0 fully saturated rings. The summed E-state index contributed by atoms with van der Waals surface area (Å²) in [6.45, 7) is 3.98. The highest BCUT2D eigenvalue weighted by molar-refractivity contribution is 9.10. The van der Waals surface area contributed by atoms with Crippen LogP contribution in [0.2, 0.25) is 0 Å². The molecule has 0 aliphatic carbocycles. The largest absolute Gasteiger partial charge is 0.263 e. The standard InChI is InChI=1S/C15H17BrN2O2S/c1-3-4-12-5-7-13(8-6-12)21(19,20)18-15-14(16)9-11(2)10-17-15/h5-10H,3-4H2,1-2H3,(H,17,18). The zero-order valence-corrected chi connectivity index (χ0v) is 14.3. The number of sulfonamides is 1. The van der Waals surface area contributed by atoms with Crippen molar-refractivity contribution in [2.75, 3.05) is 4.72 Å². The molecule has 0 unspecified atom stereocenters. The Morgan fingerprint density at radius 2 is 1.90 bits per heavy atom. The molecule has 2 rings (SSSR count). The maximum absolute atomic E-state index is 12.3. The van der Waals surface area contributed by atoms with Crippen molar-refractivity contribution in [3.05, 3.63) is 52.1 Å². The highest BCUT2D eigenvalue weighted by Crippen LogP contribution is 2.23. The van der Waals surface area contributed by atoms with Crippen LogP contribution >= 0.6 is 15.9 Å². The number of hydrogen-bond acceptors (Lipinski definition) is 3. The van der Waals surface area contributed by atoms with E-state index in [0.29, 0.717) is 10.3 Å². The number of aryl methyl sites for hydroxylation is 2. The second kappa shape index (κ2) is 6.58. The predicted octanol–water partition coefficient (Wildman–Crippen LogP) is 3.91. The molecule has 1 aromatic carbocycles. The maximum Gasteiger partial charge on any atom is 0.263 e. The number of anilines is 1. The van der Waals surface area contributed by atoms with E-state index in [-0.39, 0.29) is 4.90 Å². The van der Waals surface area contributed by atoms with E-state index in [0.717, 1.165) is 24.0 Å². The van der Waals surface area contributed by atoms with E-state index in [2.05, 4.69) is 32.6 Å². The number of benzene rings is 1. The Hall–Kier alpha value is -1.40. The Balaban J connectivity index is 2.25. The monoisotopic (exact) mass is 368 g/mol. The summed E-state index contributed by atoms with van der Waals surface area (Å²) in [7, 11) is -3.62. The van der Waals surface area contributed by atoms with Crippen molar-refractivity contribution >= 4 is 31.8 Å². The van der Waals surface area contributed by atoms with Crippen LogP contribution in [0.4, 0.5) is 5.82 Å². The summed E-state index contributed by atoms with van der Waals surface area (Å²) < 4.78 is 27.8.